The Kier molecular flexibility index (Phi) is 10.1. The second kappa shape index (κ2) is 14.2. The number of aromatic nitrogens is 2. The van der Waals surface area contributed by atoms with Crippen LogP contribution < -0.4 is 0 Å². The molecule has 1 aliphatic rings. The Labute approximate surface area is 257 Å². The van der Waals surface area contributed by atoms with E-state index in [-0.39, 0.29) is 30.0 Å². The van der Waals surface area contributed by atoms with Crippen molar-refractivity contribution in [2.45, 2.75) is 65.1 Å². The molecule has 2 atom stereocenters. The quantitative estimate of drug-likeness (QED) is 0.207. The molecule has 0 bridgehead atoms. The lowest BCUT2D eigenvalue weighted by molar-refractivity contribution is 0.0436. The first kappa shape index (κ1) is 30.7. The van der Waals surface area contributed by atoms with Crippen LogP contribution in [0.25, 0.3) is 11.3 Å². The van der Waals surface area contributed by atoms with E-state index in [1.54, 1.807) is 0 Å². The summed E-state index contributed by atoms with van der Waals surface area (Å²) >= 11 is 0. The maximum atomic E-state index is 14.4. The number of rotatable bonds is 11. The van der Waals surface area contributed by atoms with Crippen molar-refractivity contribution >= 4 is 5.91 Å². The Hall–Kier alpha value is -3.74. The van der Waals surface area contributed by atoms with Gasteiger partial charge in [0.05, 0.1) is 18.3 Å². The predicted molar refractivity (Wildman–Crippen MR) is 174 cm³/mol. The van der Waals surface area contributed by atoms with Crippen LogP contribution in [0.4, 0.5) is 0 Å². The van der Waals surface area contributed by atoms with Gasteiger partial charge in [-0.15, -0.1) is 0 Å². The first-order chi connectivity index (χ1) is 20.8. The second-order valence-corrected chi connectivity index (χ2v) is 12.8. The van der Waals surface area contributed by atoms with Crippen molar-refractivity contribution in [1.82, 2.24) is 19.4 Å². The number of likely N-dealkylation sites (tertiary alicyclic amines) is 1. The zero-order chi connectivity index (χ0) is 30.2. The average molecular weight is 579 g/mol. The van der Waals surface area contributed by atoms with E-state index in [4.69, 9.17) is 4.98 Å². The van der Waals surface area contributed by atoms with Crippen LogP contribution in [0.2, 0.25) is 0 Å². The summed E-state index contributed by atoms with van der Waals surface area (Å²) in [5.41, 5.74) is 3.55. The molecule has 6 heteroatoms. The highest BCUT2D eigenvalue weighted by Crippen LogP contribution is 2.40. The van der Waals surface area contributed by atoms with E-state index in [9.17, 15) is 9.90 Å². The van der Waals surface area contributed by atoms with Gasteiger partial charge in [0.15, 0.2) is 0 Å². The summed E-state index contributed by atoms with van der Waals surface area (Å²) in [6.45, 7) is 9.94. The third-order valence-electron chi connectivity index (χ3n) is 8.54. The van der Waals surface area contributed by atoms with Crippen LogP contribution in [0.15, 0.2) is 97.2 Å². The molecule has 4 aromatic rings. The average Bonchev–Trinajstić information content (AvgIpc) is 3.43. The summed E-state index contributed by atoms with van der Waals surface area (Å²) in [6, 6.07) is 30.3. The maximum absolute atomic E-state index is 14.4. The number of imidazole rings is 1. The molecule has 0 saturated carbocycles. The number of aliphatic hydroxyl groups is 1. The van der Waals surface area contributed by atoms with Crippen molar-refractivity contribution in [2.24, 2.45) is 5.41 Å². The molecule has 0 spiro atoms. The fourth-order valence-corrected chi connectivity index (χ4v) is 6.40. The minimum Gasteiger partial charge on any atom is -0.395 e. The first-order valence-corrected chi connectivity index (χ1v) is 15.7. The molecule has 43 heavy (non-hydrogen) atoms. The van der Waals surface area contributed by atoms with E-state index in [1.807, 2.05) is 54.6 Å². The summed E-state index contributed by atoms with van der Waals surface area (Å²) in [6.07, 6.45) is 6.33. The molecular formula is C37H46N4O2. The SMILES string of the molecule is CC(C)(C)C(c1nc(-c2ccccc2)cn1Cc1ccccc1)N(CCCN1CCCCC1CO)C(=O)c1ccccc1. The molecule has 3 aromatic carbocycles. The smallest absolute Gasteiger partial charge is 0.254 e. The molecule has 2 heterocycles. The lowest BCUT2D eigenvalue weighted by Crippen LogP contribution is -2.46. The fourth-order valence-electron chi connectivity index (χ4n) is 6.40. The monoisotopic (exact) mass is 578 g/mol. The third kappa shape index (κ3) is 7.62. The van der Waals surface area contributed by atoms with Crippen molar-refractivity contribution < 1.29 is 9.90 Å². The summed E-state index contributed by atoms with van der Waals surface area (Å²) in [5, 5.41) is 9.98. The van der Waals surface area contributed by atoms with Gasteiger partial charge in [0, 0.05) is 43.0 Å². The number of hydrogen-bond donors (Lipinski definition) is 1. The Balaban J connectivity index is 1.55. The minimum atomic E-state index is -0.295. The molecule has 1 fully saturated rings. The van der Waals surface area contributed by atoms with E-state index >= 15 is 0 Å². The Morgan fingerprint density at radius 2 is 1.60 bits per heavy atom. The van der Waals surface area contributed by atoms with Crippen LogP contribution >= 0.6 is 0 Å². The number of hydrogen-bond acceptors (Lipinski definition) is 4. The minimum absolute atomic E-state index is 0.0217. The fraction of sp³-hybridized carbons (Fsp3) is 0.405. The highest BCUT2D eigenvalue weighted by atomic mass is 16.3. The zero-order valence-electron chi connectivity index (χ0n) is 25.9. The van der Waals surface area contributed by atoms with E-state index in [0.717, 1.165) is 49.4 Å². The Bertz CT molecular complexity index is 1430. The van der Waals surface area contributed by atoms with Gasteiger partial charge in [0.25, 0.3) is 5.91 Å². The van der Waals surface area contributed by atoms with Gasteiger partial charge in [-0.3, -0.25) is 9.69 Å². The van der Waals surface area contributed by atoms with Gasteiger partial charge in [0.2, 0.25) is 0 Å². The van der Waals surface area contributed by atoms with Crippen molar-refractivity contribution in [3.05, 3.63) is 114 Å². The van der Waals surface area contributed by atoms with Crippen LogP contribution in [0, 0.1) is 5.41 Å². The number of carbonyl (C=O) groups is 1. The van der Waals surface area contributed by atoms with Gasteiger partial charge < -0.3 is 14.6 Å². The molecule has 226 valence electrons. The summed E-state index contributed by atoms with van der Waals surface area (Å²) in [4.78, 5) is 24.1. The highest BCUT2D eigenvalue weighted by molar-refractivity contribution is 5.94. The normalized spacial score (nSPS) is 16.6. The lowest BCUT2D eigenvalue weighted by atomic mass is 9.84. The molecule has 2 unspecified atom stereocenters. The second-order valence-electron chi connectivity index (χ2n) is 12.8. The molecule has 1 aliphatic heterocycles. The zero-order valence-corrected chi connectivity index (χ0v) is 25.9. The van der Waals surface area contributed by atoms with E-state index < -0.39 is 0 Å². The number of nitrogens with zero attached hydrogens (tertiary/aromatic N) is 4. The maximum Gasteiger partial charge on any atom is 0.254 e. The highest BCUT2D eigenvalue weighted by Gasteiger charge is 2.38. The molecule has 0 aliphatic carbocycles. The van der Waals surface area contributed by atoms with Crippen molar-refractivity contribution in [1.29, 1.82) is 0 Å². The standard InChI is InChI=1S/C37H46N4O2/c1-37(2,3)34(35-38-33(30-18-9-5-10-19-30)27-40(35)26-29-16-7-4-8-17-29)41(36(43)31-20-11-6-12-21-31)25-15-24-39-23-14-13-22-32(39)28-42/h4-12,16-21,27,32,34,42H,13-15,22-26,28H2,1-3H3. The third-order valence-corrected chi connectivity index (χ3v) is 8.54. The number of carbonyl (C=O) groups excluding carboxylic acids is 1. The largest absolute Gasteiger partial charge is 0.395 e. The Morgan fingerprint density at radius 3 is 2.26 bits per heavy atom. The van der Waals surface area contributed by atoms with Crippen molar-refractivity contribution in [2.75, 3.05) is 26.2 Å². The van der Waals surface area contributed by atoms with Gasteiger partial charge >= 0.3 is 0 Å². The van der Waals surface area contributed by atoms with Crippen molar-refractivity contribution in [3.63, 3.8) is 0 Å². The molecule has 1 amide bonds. The number of aliphatic hydroxyl groups excluding tert-OH is 1. The van der Waals surface area contributed by atoms with E-state index in [2.05, 4.69) is 77.7 Å². The molecule has 1 aromatic heterocycles. The summed E-state index contributed by atoms with van der Waals surface area (Å²) in [7, 11) is 0. The molecule has 5 rings (SSSR count). The van der Waals surface area contributed by atoms with Crippen LogP contribution in [0.3, 0.4) is 0 Å². The van der Waals surface area contributed by atoms with E-state index in [0.29, 0.717) is 18.7 Å². The van der Waals surface area contributed by atoms with Gasteiger partial charge in [0.1, 0.15) is 5.82 Å². The summed E-state index contributed by atoms with van der Waals surface area (Å²) in [5.74, 6) is 0.916. The van der Waals surface area contributed by atoms with Crippen LogP contribution in [0.1, 0.15) is 74.2 Å². The lowest BCUT2D eigenvalue weighted by Gasteiger charge is -2.41. The Morgan fingerprint density at radius 1 is 0.953 bits per heavy atom. The topological polar surface area (TPSA) is 61.6 Å². The number of piperidine rings is 1. The van der Waals surface area contributed by atoms with Crippen LogP contribution in [-0.2, 0) is 6.54 Å². The molecule has 1 saturated heterocycles. The van der Waals surface area contributed by atoms with E-state index in [1.165, 1.54) is 12.0 Å². The van der Waals surface area contributed by atoms with Gasteiger partial charge in [-0.2, -0.15) is 0 Å². The molecule has 0 radical (unpaired) electrons. The van der Waals surface area contributed by atoms with Gasteiger partial charge in [-0.25, -0.2) is 4.98 Å². The number of amides is 1. The predicted octanol–water partition coefficient (Wildman–Crippen LogP) is 7.06. The van der Waals surface area contributed by atoms with Crippen LogP contribution in [0.5, 0.6) is 0 Å². The molecular weight excluding hydrogens is 532 g/mol. The van der Waals surface area contributed by atoms with Gasteiger partial charge in [-0.1, -0.05) is 106 Å². The molecule has 6 nitrogen and oxygen atoms in total. The van der Waals surface area contributed by atoms with Crippen LogP contribution in [-0.4, -0.2) is 62.6 Å². The number of benzene rings is 3. The van der Waals surface area contributed by atoms with Gasteiger partial charge in [-0.05, 0) is 48.9 Å². The summed E-state index contributed by atoms with van der Waals surface area (Å²) < 4.78 is 2.24. The van der Waals surface area contributed by atoms with Crippen molar-refractivity contribution in [3.8, 4) is 11.3 Å². The first-order valence-electron chi connectivity index (χ1n) is 15.7. The molecule has 1 N–H and O–H groups in total.